The fourth-order valence-electron chi connectivity index (χ4n) is 2.16. The normalized spacial score (nSPS) is 19.1. The minimum Gasteiger partial charge on any atom is -0.388 e. The molecule has 0 aliphatic heterocycles. The second-order valence-corrected chi connectivity index (χ2v) is 5.45. The van der Waals surface area contributed by atoms with Crippen LogP contribution in [0.4, 0.5) is 0 Å². The van der Waals surface area contributed by atoms with Gasteiger partial charge in [0.15, 0.2) is 5.78 Å². The highest BCUT2D eigenvalue weighted by Gasteiger charge is 2.23. The largest absolute Gasteiger partial charge is 0.388 e. The summed E-state index contributed by atoms with van der Waals surface area (Å²) < 4.78 is 5.03. The number of ether oxygens (including phenoxy) is 1. The van der Waals surface area contributed by atoms with Crippen LogP contribution in [0.15, 0.2) is 40.8 Å². The summed E-state index contributed by atoms with van der Waals surface area (Å²) in [5.41, 5.74) is 1.19. The number of allylic oxidation sites excluding steroid dienone is 1. The summed E-state index contributed by atoms with van der Waals surface area (Å²) in [6, 6.07) is 7.47. The minimum absolute atomic E-state index is 0.0635. The van der Waals surface area contributed by atoms with E-state index in [4.69, 9.17) is 4.74 Å². The van der Waals surface area contributed by atoms with E-state index in [1.54, 1.807) is 7.11 Å². The highest BCUT2D eigenvalue weighted by Crippen LogP contribution is 2.28. The second-order valence-electron chi connectivity index (χ2n) is 4.48. The molecule has 19 heavy (non-hydrogen) atoms. The molecule has 1 aliphatic rings. The van der Waals surface area contributed by atoms with Crippen molar-refractivity contribution in [2.24, 2.45) is 0 Å². The number of hydrogen-bond acceptors (Lipinski definition) is 4. The van der Waals surface area contributed by atoms with Crippen molar-refractivity contribution in [3.05, 3.63) is 41.5 Å². The molecule has 1 atom stereocenters. The summed E-state index contributed by atoms with van der Waals surface area (Å²) in [5.74, 6) is 0.442. The molecule has 1 N–H and O–H groups in total. The molecule has 1 aliphatic carbocycles. The lowest BCUT2D eigenvalue weighted by Crippen LogP contribution is -2.21. The van der Waals surface area contributed by atoms with Gasteiger partial charge in [0.1, 0.15) is 0 Å². The molecular weight excluding hydrogens is 260 g/mol. The number of benzene rings is 1. The molecule has 0 saturated heterocycles. The first kappa shape index (κ1) is 14.3. The maximum absolute atomic E-state index is 12.5. The summed E-state index contributed by atoms with van der Waals surface area (Å²) in [6.07, 6.45) is 3.73. The third-order valence-corrected chi connectivity index (χ3v) is 4.15. The number of carbonyl (C=O) groups excluding carboxylic acids is 1. The van der Waals surface area contributed by atoms with Gasteiger partial charge in [-0.1, -0.05) is 30.0 Å². The Labute approximate surface area is 117 Å². The Morgan fingerprint density at radius 1 is 1.47 bits per heavy atom. The van der Waals surface area contributed by atoms with E-state index in [2.05, 4.69) is 0 Å². The number of aliphatic hydroxyl groups excluding tert-OH is 1. The van der Waals surface area contributed by atoms with Crippen molar-refractivity contribution >= 4 is 17.5 Å². The highest BCUT2D eigenvalue weighted by molar-refractivity contribution is 7.99. The third kappa shape index (κ3) is 3.47. The molecule has 0 aromatic heterocycles. The van der Waals surface area contributed by atoms with Gasteiger partial charge in [0.2, 0.25) is 0 Å². The van der Waals surface area contributed by atoms with Crippen LogP contribution in [-0.4, -0.2) is 30.0 Å². The molecule has 1 unspecified atom stereocenters. The quantitative estimate of drug-likeness (QED) is 0.511. The first-order valence-electron chi connectivity index (χ1n) is 6.37. The second kappa shape index (κ2) is 6.89. The van der Waals surface area contributed by atoms with E-state index >= 15 is 0 Å². The molecule has 2 rings (SSSR count). The number of thioether (sulfide) groups is 1. The molecule has 0 saturated carbocycles. The molecule has 0 radical (unpaired) electrons. The summed E-state index contributed by atoms with van der Waals surface area (Å²) in [4.78, 5) is 13.4. The van der Waals surface area contributed by atoms with Crippen LogP contribution >= 0.6 is 11.8 Å². The van der Waals surface area contributed by atoms with Crippen molar-refractivity contribution < 1.29 is 14.6 Å². The Kier molecular flexibility index (Phi) is 5.19. The highest BCUT2D eigenvalue weighted by atomic mass is 32.2. The van der Waals surface area contributed by atoms with Crippen molar-refractivity contribution in [2.45, 2.75) is 30.3 Å². The molecule has 1 aromatic carbocycles. The van der Waals surface area contributed by atoms with Crippen molar-refractivity contribution in [1.82, 2.24) is 0 Å². The van der Waals surface area contributed by atoms with Gasteiger partial charge in [0, 0.05) is 23.1 Å². The molecule has 0 spiro atoms. The fraction of sp³-hybridized carbons (Fsp3) is 0.400. The van der Waals surface area contributed by atoms with E-state index in [0.717, 1.165) is 17.7 Å². The number of ketones is 1. The molecule has 3 nitrogen and oxygen atoms in total. The third-order valence-electron chi connectivity index (χ3n) is 3.13. The number of Topliss-reactive ketones (excluding diaryl/α,β-unsaturated/α-hetero) is 1. The lowest BCUT2D eigenvalue weighted by atomic mass is 9.90. The zero-order valence-electron chi connectivity index (χ0n) is 11.0. The van der Waals surface area contributed by atoms with Crippen LogP contribution in [0.5, 0.6) is 0 Å². The van der Waals surface area contributed by atoms with Crippen LogP contribution in [0.3, 0.4) is 0 Å². The van der Waals surface area contributed by atoms with Crippen molar-refractivity contribution in [3.8, 4) is 0 Å². The predicted octanol–water partition coefficient (Wildman–Crippen LogP) is 3.04. The Morgan fingerprint density at radius 3 is 3.00 bits per heavy atom. The van der Waals surface area contributed by atoms with Gasteiger partial charge in [0.25, 0.3) is 0 Å². The number of aliphatic hydroxyl groups is 1. The fourth-order valence-corrected chi connectivity index (χ4v) is 2.90. The summed E-state index contributed by atoms with van der Waals surface area (Å²) >= 11 is 1.49. The zero-order valence-corrected chi connectivity index (χ0v) is 11.8. The van der Waals surface area contributed by atoms with E-state index < -0.39 is 6.10 Å². The monoisotopic (exact) mass is 278 g/mol. The number of methoxy groups -OCH3 is 1. The van der Waals surface area contributed by atoms with E-state index in [1.165, 1.54) is 11.8 Å². The number of hydrogen-bond donors (Lipinski definition) is 1. The maximum atomic E-state index is 12.5. The first-order valence-corrected chi connectivity index (χ1v) is 7.36. The van der Waals surface area contributed by atoms with E-state index in [9.17, 15) is 9.90 Å². The van der Waals surface area contributed by atoms with E-state index in [0.29, 0.717) is 23.5 Å². The summed E-state index contributed by atoms with van der Waals surface area (Å²) in [5, 5.41) is 9.95. The molecule has 1 aromatic rings. The van der Waals surface area contributed by atoms with Crippen LogP contribution in [-0.2, 0) is 4.74 Å². The van der Waals surface area contributed by atoms with Gasteiger partial charge in [-0.2, -0.15) is 0 Å². The molecule has 102 valence electrons. The summed E-state index contributed by atoms with van der Waals surface area (Å²) in [6.45, 7) is 0. The zero-order chi connectivity index (χ0) is 13.7. The lowest BCUT2D eigenvalue weighted by Gasteiger charge is -2.19. The standard InChI is InChI=1S/C15H18O3S/c1-18-10-19-14-9-5-3-7-12(14)15(17)11-6-2-4-8-13(11)16/h3,5-7,9,13,16H,2,4,8,10H2,1H3. The SMILES string of the molecule is COCSc1ccccc1C(=O)C1=CCCCC1O. The molecule has 0 fully saturated rings. The topological polar surface area (TPSA) is 46.5 Å². The summed E-state index contributed by atoms with van der Waals surface area (Å²) in [7, 11) is 1.63. The van der Waals surface area contributed by atoms with Crippen LogP contribution < -0.4 is 0 Å². The van der Waals surface area contributed by atoms with Crippen LogP contribution in [0.1, 0.15) is 29.6 Å². The average molecular weight is 278 g/mol. The van der Waals surface area contributed by atoms with Crippen molar-refractivity contribution in [3.63, 3.8) is 0 Å². The van der Waals surface area contributed by atoms with Crippen LogP contribution in [0.2, 0.25) is 0 Å². The Bertz CT molecular complexity index is 482. The van der Waals surface area contributed by atoms with Gasteiger partial charge >= 0.3 is 0 Å². The minimum atomic E-state index is -0.623. The molecular formula is C15H18O3S. The molecule has 0 heterocycles. The molecule has 4 heteroatoms. The molecule has 0 bridgehead atoms. The molecule has 0 amide bonds. The maximum Gasteiger partial charge on any atom is 0.192 e. The smallest absolute Gasteiger partial charge is 0.192 e. The first-order chi connectivity index (χ1) is 9.24. The lowest BCUT2D eigenvalue weighted by molar-refractivity contribution is 0.0972. The van der Waals surface area contributed by atoms with Crippen molar-refractivity contribution in [1.29, 1.82) is 0 Å². The average Bonchev–Trinajstić information content (AvgIpc) is 2.45. The van der Waals surface area contributed by atoms with Gasteiger partial charge in [-0.3, -0.25) is 4.79 Å². The van der Waals surface area contributed by atoms with E-state index in [1.807, 2.05) is 30.3 Å². The van der Waals surface area contributed by atoms with Crippen molar-refractivity contribution in [2.75, 3.05) is 13.0 Å². The van der Waals surface area contributed by atoms with E-state index in [-0.39, 0.29) is 5.78 Å². The Morgan fingerprint density at radius 2 is 2.26 bits per heavy atom. The predicted molar refractivity (Wildman–Crippen MR) is 76.4 cm³/mol. The van der Waals surface area contributed by atoms with Crippen LogP contribution in [0, 0.1) is 0 Å². The van der Waals surface area contributed by atoms with Gasteiger partial charge in [-0.25, -0.2) is 0 Å². The number of carbonyl (C=O) groups is 1. The van der Waals surface area contributed by atoms with Crippen LogP contribution in [0.25, 0.3) is 0 Å². The van der Waals surface area contributed by atoms with Gasteiger partial charge in [-0.05, 0) is 31.4 Å². The van der Waals surface area contributed by atoms with Gasteiger partial charge < -0.3 is 9.84 Å². The van der Waals surface area contributed by atoms with Gasteiger partial charge in [-0.15, -0.1) is 0 Å². The number of rotatable bonds is 5. The Balaban J connectivity index is 2.25. The van der Waals surface area contributed by atoms with Gasteiger partial charge in [0.05, 0.1) is 12.0 Å². The Hall–Kier alpha value is -1.10.